The quantitative estimate of drug-likeness (QED) is 0.360. The van der Waals surface area contributed by atoms with Crippen molar-refractivity contribution in [1.82, 2.24) is 14.9 Å². The Labute approximate surface area is 184 Å². The fourth-order valence-electron chi connectivity index (χ4n) is 3.93. The van der Waals surface area contributed by atoms with Crippen molar-refractivity contribution in [2.75, 3.05) is 23.5 Å². The number of ketones is 1. The number of anilines is 1. The lowest BCUT2D eigenvalue weighted by molar-refractivity contribution is -0.112. The van der Waals surface area contributed by atoms with E-state index in [1.165, 1.54) is 28.1 Å². The van der Waals surface area contributed by atoms with Crippen LogP contribution in [0.25, 0.3) is 0 Å². The van der Waals surface area contributed by atoms with Gasteiger partial charge in [-0.1, -0.05) is 62.0 Å². The molecule has 0 radical (unpaired) electrons. The Hall–Kier alpha value is -3.13. The number of nitrogen functional groups attached to an aromatic ring is 1. The minimum absolute atomic E-state index is 0.0358. The van der Waals surface area contributed by atoms with Crippen LogP contribution in [0.2, 0.25) is 0 Å². The third kappa shape index (κ3) is 3.95. The largest absolute Gasteiger partial charge is 0.347 e. The Balaban J connectivity index is 1.45. The van der Waals surface area contributed by atoms with Crippen LogP contribution in [0.1, 0.15) is 30.8 Å². The number of hydrogen-bond acceptors (Lipinski definition) is 6. The van der Waals surface area contributed by atoms with E-state index in [-0.39, 0.29) is 29.2 Å². The van der Waals surface area contributed by atoms with E-state index in [2.05, 4.69) is 41.1 Å². The van der Waals surface area contributed by atoms with Gasteiger partial charge in [0.25, 0.3) is 0 Å². The first-order chi connectivity index (χ1) is 14.8. The molecule has 1 aliphatic rings. The second-order valence-corrected chi connectivity index (χ2v) is 8.97. The highest BCUT2D eigenvalue weighted by molar-refractivity contribution is 7.99. The number of aromatic nitrogens is 3. The van der Waals surface area contributed by atoms with Gasteiger partial charge in [-0.25, -0.2) is 9.07 Å². The Morgan fingerprint density at radius 3 is 2.61 bits per heavy atom. The summed E-state index contributed by atoms with van der Waals surface area (Å²) in [5, 5.41) is 8.54. The number of likely N-dealkylation sites (N-methyl/N-ethyl adjacent to an activating group) is 1. The molecule has 4 rings (SSSR count). The van der Waals surface area contributed by atoms with E-state index >= 15 is 0 Å². The van der Waals surface area contributed by atoms with Gasteiger partial charge in [-0.05, 0) is 23.3 Å². The molecule has 2 N–H and O–H groups in total. The summed E-state index contributed by atoms with van der Waals surface area (Å²) >= 11 is 1.22. The maximum Gasteiger partial charge on any atom is 0.210 e. The maximum absolute atomic E-state index is 13.9. The van der Waals surface area contributed by atoms with Gasteiger partial charge in [-0.15, -0.1) is 10.2 Å². The number of nitrogens with two attached hydrogens (primary N) is 1. The number of rotatable bonds is 6. The van der Waals surface area contributed by atoms with Crippen LogP contribution in [0.5, 0.6) is 0 Å². The van der Waals surface area contributed by atoms with Crippen molar-refractivity contribution < 1.29 is 9.18 Å². The minimum Gasteiger partial charge on any atom is -0.347 e. The number of carbonyl (C=O) groups excluding carboxylic acids is 1. The average Bonchev–Trinajstić information content (AvgIpc) is 3.19. The molecule has 0 saturated carbocycles. The molecule has 160 valence electrons. The van der Waals surface area contributed by atoms with Crippen LogP contribution in [-0.4, -0.2) is 33.5 Å². The van der Waals surface area contributed by atoms with Crippen molar-refractivity contribution in [3.05, 3.63) is 83.1 Å². The highest BCUT2D eigenvalue weighted by Gasteiger charge is 2.38. The highest BCUT2D eigenvalue weighted by atomic mass is 32.2. The predicted molar refractivity (Wildman–Crippen MR) is 121 cm³/mol. The lowest BCUT2D eigenvalue weighted by Gasteiger charge is -2.23. The molecule has 0 saturated heterocycles. The van der Waals surface area contributed by atoms with Gasteiger partial charge in [0, 0.05) is 36.3 Å². The smallest absolute Gasteiger partial charge is 0.210 e. The first-order valence-electron chi connectivity index (χ1n) is 9.93. The summed E-state index contributed by atoms with van der Waals surface area (Å²) in [6.45, 7) is 4.24. The molecule has 6 nitrogen and oxygen atoms in total. The van der Waals surface area contributed by atoms with Gasteiger partial charge in [0.1, 0.15) is 5.82 Å². The Morgan fingerprint density at radius 1 is 1.16 bits per heavy atom. The lowest BCUT2D eigenvalue weighted by Crippen LogP contribution is -2.24. The zero-order valence-electron chi connectivity index (χ0n) is 17.7. The van der Waals surface area contributed by atoms with Crippen LogP contribution in [0.4, 0.5) is 10.1 Å². The number of benzene rings is 2. The van der Waals surface area contributed by atoms with Crippen LogP contribution < -0.4 is 10.7 Å². The molecule has 1 aromatic heterocycles. The van der Waals surface area contributed by atoms with Gasteiger partial charge >= 0.3 is 0 Å². The molecule has 0 amide bonds. The van der Waals surface area contributed by atoms with Crippen molar-refractivity contribution >= 4 is 23.2 Å². The number of allylic oxidation sites excluding steroid dienone is 2. The van der Waals surface area contributed by atoms with E-state index in [0.29, 0.717) is 16.5 Å². The number of fused-ring (bicyclic) bond motifs is 1. The topological polar surface area (TPSA) is 77.0 Å². The molecule has 8 heteroatoms. The fraction of sp³-hybridized carbons (Fsp3) is 0.261. The number of thioether (sulfide) groups is 1. The molecule has 2 aromatic carbocycles. The first kappa shape index (κ1) is 21.1. The normalized spacial score (nSPS) is 16.0. The number of halogens is 1. The van der Waals surface area contributed by atoms with E-state index in [1.54, 1.807) is 24.3 Å². The van der Waals surface area contributed by atoms with Gasteiger partial charge in [0.2, 0.25) is 5.16 Å². The van der Waals surface area contributed by atoms with Gasteiger partial charge in [-0.3, -0.25) is 4.79 Å². The first-order valence-corrected chi connectivity index (χ1v) is 10.9. The third-order valence-electron chi connectivity index (χ3n) is 5.62. The standard InChI is InChI=1S/C23H24FN5OS/c1-23(2)17-9-5-7-11-19(17)28(3)20(23)13-16(30)14-31-22-27-26-21(29(22)25)12-15-8-4-6-10-18(15)24/h4-11,13H,12,14,25H2,1-3H3/b20-13+. The van der Waals surface area contributed by atoms with Crippen LogP contribution in [-0.2, 0) is 16.6 Å². The lowest BCUT2D eigenvalue weighted by atomic mass is 9.83. The molecule has 0 atom stereocenters. The zero-order chi connectivity index (χ0) is 22.2. The summed E-state index contributed by atoms with van der Waals surface area (Å²) in [5.41, 5.74) is 3.49. The van der Waals surface area contributed by atoms with Crippen LogP contribution in [0, 0.1) is 5.82 Å². The molecule has 2 heterocycles. The molecule has 0 bridgehead atoms. The van der Waals surface area contributed by atoms with Gasteiger partial charge in [-0.2, -0.15) is 0 Å². The SMILES string of the molecule is CN1/C(=C/C(=O)CSc2nnc(Cc3ccccc3F)n2N)C(C)(C)c2ccccc21. The number of hydrogen-bond donors (Lipinski definition) is 1. The summed E-state index contributed by atoms with van der Waals surface area (Å²) in [5.74, 6) is 6.35. The minimum atomic E-state index is -0.314. The van der Waals surface area contributed by atoms with E-state index < -0.39 is 0 Å². The van der Waals surface area contributed by atoms with E-state index in [0.717, 1.165) is 11.4 Å². The zero-order valence-corrected chi connectivity index (χ0v) is 18.5. The van der Waals surface area contributed by atoms with E-state index in [9.17, 15) is 9.18 Å². The van der Waals surface area contributed by atoms with E-state index in [4.69, 9.17) is 5.84 Å². The summed E-state index contributed by atoms with van der Waals surface area (Å²) in [7, 11) is 1.98. The van der Waals surface area contributed by atoms with Crippen molar-refractivity contribution in [1.29, 1.82) is 0 Å². The number of nitrogens with zero attached hydrogens (tertiary/aromatic N) is 4. The number of para-hydroxylation sites is 1. The fourth-order valence-corrected chi connectivity index (χ4v) is 4.62. The summed E-state index contributed by atoms with van der Waals surface area (Å²) < 4.78 is 15.2. The highest BCUT2D eigenvalue weighted by Crippen LogP contribution is 2.46. The Kier molecular flexibility index (Phi) is 5.58. The molecular formula is C23H24FN5OS. The maximum atomic E-state index is 13.9. The van der Waals surface area contributed by atoms with Crippen molar-refractivity contribution in [2.24, 2.45) is 0 Å². The molecule has 0 fully saturated rings. The molecule has 31 heavy (non-hydrogen) atoms. The second-order valence-electron chi connectivity index (χ2n) is 8.02. The monoisotopic (exact) mass is 437 g/mol. The average molecular weight is 438 g/mol. The molecule has 0 spiro atoms. The van der Waals surface area contributed by atoms with E-state index in [1.807, 2.05) is 19.2 Å². The molecular weight excluding hydrogens is 413 g/mol. The third-order valence-corrected chi connectivity index (χ3v) is 6.59. The molecule has 1 aliphatic heterocycles. The van der Waals surface area contributed by atoms with Gasteiger partial charge in [0.05, 0.1) is 5.75 Å². The Bertz CT molecular complexity index is 1170. The second kappa shape index (κ2) is 8.19. The molecule has 0 unspecified atom stereocenters. The summed E-state index contributed by atoms with van der Waals surface area (Å²) in [6.07, 6.45) is 1.93. The molecule has 3 aromatic rings. The predicted octanol–water partition coefficient (Wildman–Crippen LogP) is 3.69. The van der Waals surface area contributed by atoms with Crippen LogP contribution in [0.3, 0.4) is 0 Å². The summed E-state index contributed by atoms with van der Waals surface area (Å²) in [4.78, 5) is 14.8. The number of carbonyl (C=O) groups is 1. The van der Waals surface area contributed by atoms with Crippen molar-refractivity contribution in [3.63, 3.8) is 0 Å². The summed E-state index contributed by atoms with van der Waals surface area (Å²) in [6, 6.07) is 14.6. The van der Waals surface area contributed by atoms with Crippen LogP contribution in [0.15, 0.2) is 65.5 Å². The van der Waals surface area contributed by atoms with Crippen molar-refractivity contribution in [3.8, 4) is 0 Å². The van der Waals surface area contributed by atoms with Gasteiger partial charge in [0.15, 0.2) is 11.6 Å². The van der Waals surface area contributed by atoms with Gasteiger partial charge < -0.3 is 10.7 Å². The van der Waals surface area contributed by atoms with Crippen molar-refractivity contribution in [2.45, 2.75) is 30.8 Å². The Morgan fingerprint density at radius 2 is 1.87 bits per heavy atom. The van der Waals surface area contributed by atoms with Crippen LogP contribution >= 0.6 is 11.8 Å². The molecule has 0 aliphatic carbocycles.